The average molecular weight is 372 g/mol. The summed E-state index contributed by atoms with van der Waals surface area (Å²) < 4.78 is 10.6. The van der Waals surface area contributed by atoms with Crippen molar-refractivity contribution in [3.63, 3.8) is 0 Å². The first-order valence-corrected chi connectivity index (χ1v) is 8.44. The van der Waals surface area contributed by atoms with E-state index in [4.69, 9.17) is 19.2 Å². The van der Waals surface area contributed by atoms with E-state index in [0.29, 0.717) is 24.5 Å². The Hall–Kier alpha value is -3.04. The third kappa shape index (κ3) is 4.21. The number of hydrogen-bond acceptors (Lipinski definition) is 8. The number of carbonyl (C=O) groups is 1. The molecule has 0 spiro atoms. The molecule has 2 aromatic heterocycles. The molecular weight excluding hydrogens is 352 g/mol. The number of nitrogens with zero attached hydrogens (tertiary/aromatic N) is 3. The molecule has 1 saturated carbocycles. The maximum Gasteiger partial charge on any atom is 0.273 e. The number of amides is 1. The Kier molecular flexibility index (Phi) is 5.94. The smallest absolute Gasteiger partial charge is 0.273 e. The number of aliphatic hydroxyl groups is 2. The maximum absolute atomic E-state index is 12.3. The minimum absolute atomic E-state index is 0.0267. The standard InChI is InChI=1S/C17H16N4O4.CH4O/c22-9-15-19-20-17(24-15)11-6-12(7-11)18-16(23)13-8-14(25-21-13)10-4-2-1-3-5-10;1-2/h1-5,8,11-12,22H,6-7,9H2,(H,18,23);2H,1H3. The number of aliphatic hydroxyl groups excluding tert-OH is 2. The van der Waals surface area contributed by atoms with Crippen LogP contribution in [0.3, 0.4) is 0 Å². The summed E-state index contributed by atoms with van der Waals surface area (Å²) >= 11 is 0. The minimum Gasteiger partial charge on any atom is -0.422 e. The summed E-state index contributed by atoms with van der Waals surface area (Å²) in [7, 11) is 1.00. The Labute approximate surface area is 155 Å². The average Bonchev–Trinajstić information content (AvgIpc) is 3.36. The first kappa shape index (κ1) is 18.7. The van der Waals surface area contributed by atoms with Crippen molar-refractivity contribution >= 4 is 5.91 Å². The molecule has 0 unspecified atom stereocenters. The highest BCUT2D eigenvalue weighted by Gasteiger charge is 2.35. The van der Waals surface area contributed by atoms with Crippen molar-refractivity contribution in [1.29, 1.82) is 0 Å². The summed E-state index contributed by atoms with van der Waals surface area (Å²) in [5, 5.41) is 30.3. The van der Waals surface area contributed by atoms with Crippen LogP contribution in [0.4, 0.5) is 0 Å². The normalized spacial score (nSPS) is 18.2. The molecule has 1 fully saturated rings. The van der Waals surface area contributed by atoms with Gasteiger partial charge < -0.3 is 24.5 Å². The highest BCUT2D eigenvalue weighted by Crippen LogP contribution is 2.36. The van der Waals surface area contributed by atoms with E-state index in [9.17, 15) is 4.79 Å². The molecular formula is C18H20N4O5. The largest absolute Gasteiger partial charge is 0.422 e. The zero-order valence-electron chi connectivity index (χ0n) is 14.7. The molecule has 9 nitrogen and oxygen atoms in total. The van der Waals surface area contributed by atoms with E-state index in [0.717, 1.165) is 12.7 Å². The second-order valence-corrected chi connectivity index (χ2v) is 5.97. The molecule has 3 aromatic rings. The van der Waals surface area contributed by atoms with Gasteiger partial charge in [-0.1, -0.05) is 35.5 Å². The predicted octanol–water partition coefficient (Wildman–Crippen LogP) is 1.50. The lowest BCUT2D eigenvalue weighted by Gasteiger charge is -2.33. The van der Waals surface area contributed by atoms with Crippen molar-refractivity contribution < 1.29 is 23.9 Å². The summed E-state index contributed by atoms with van der Waals surface area (Å²) in [6.45, 7) is -0.268. The van der Waals surface area contributed by atoms with E-state index in [1.807, 2.05) is 30.3 Å². The van der Waals surface area contributed by atoms with E-state index in [2.05, 4.69) is 20.7 Å². The molecule has 1 amide bonds. The summed E-state index contributed by atoms with van der Waals surface area (Å²) in [6, 6.07) is 11.1. The first-order valence-electron chi connectivity index (χ1n) is 8.44. The second-order valence-electron chi connectivity index (χ2n) is 5.97. The Morgan fingerprint density at radius 1 is 1.22 bits per heavy atom. The predicted molar refractivity (Wildman–Crippen MR) is 93.5 cm³/mol. The maximum atomic E-state index is 12.3. The van der Waals surface area contributed by atoms with Gasteiger partial charge in [-0.05, 0) is 12.8 Å². The molecule has 1 aliphatic rings. The van der Waals surface area contributed by atoms with Crippen LogP contribution in [0, 0.1) is 0 Å². The van der Waals surface area contributed by atoms with Crippen LogP contribution in [-0.2, 0) is 6.61 Å². The summed E-state index contributed by atoms with van der Waals surface area (Å²) in [5.41, 5.74) is 1.12. The van der Waals surface area contributed by atoms with Gasteiger partial charge in [0, 0.05) is 30.7 Å². The Morgan fingerprint density at radius 3 is 2.63 bits per heavy atom. The molecule has 1 aromatic carbocycles. The van der Waals surface area contributed by atoms with Crippen LogP contribution in [0.25, 0.3) is 11.3 Å². The summed E-state index contributed by atoms with van der Waals surface area (Å²) in [5.74, 6) is 1.10. The lowest BCUT2D eigenvalue weighted by molar-refractivity contribution is 0.0893. The van der Waals surface area contributed by atoms with Crippen LogP contribution in [0.2, 0.25) is 0 Å². The van der Waals surface area contributed by atoms with Crippen LogP contribution < -0.4 is 5.32 Å². The molecule has 4 rings (SSSR count). The summed E-state index contributed by atoms with van der Waals surface area (Å²) in [6.07, 6.45) is 1.42. The highest BCUT2D eigenvalue weighted by atomic mass is 16.5. The van der Waals surface area contributed by atoms with E-state index >= 15 is 0 Å². The number of hydrogen-bond donors (Lipinski definition) is 3. The van der Waals surface area contributed by atoms with Crippen LogP contribution in [0.15, 0.2) is 45.3 Å². The monoisotopic (exact) mass is 372 g/mol. The van der Waals surface area contributed by atoms with Crippen LogP contribution in [0.1, 0.15) is 41.0 Å². The zero-order chi connectivity index (χ0) is 19.2. The van der Waals surface area contributed by atoms with Gasteiger partial charge in [0.25, 0.3) is 5.91 Å². The van der Waals surface area contributed by atoms with Gasteiger partial charge in [-0.2, -0.15) is 0 Å². The highest BCUT2D eigenvalue weighted by molar-refractivity contribution is 5.93. The SMILES string of the molecule is CO.O=C(NC1CC(c2nnc(CO)o2)C1)c1cc(-c2ccccc2)on1. The molecule has 142 valence electrons. The van der Waals surface area contributed by atoms with Gasteiger partial charge in [0.2, 0.25) is 11.8 Å². The fourth-order valence-electron chi connectivity index (χ4n) is 2.81. The Morgan fingerprint density at radius 2 is 1.96 bits per heavy atom. The van der Waals surface area contributed by atoms with Crippen molar-refractivity contribution in [1.82, 2.24) is 20.7 Å². The molecule has 0 aliphatic heterocycles. The zero-order valence-corrected chi connectivity index (χ0v) is 14.7. The van der Waals surface area contributed by atoms with Gasteiger partial charge in [-0.3, -0.25) is 4.79 Å². The molecule has 27 heavy (non-hydrogen) atoms. The molecule has 2 heterocycles. The van der Waals surface area contributed by atoms with Crippen molar-refractivity contribution in [2.24, 2.45) is 0 Å². The number of benzene rings is 1. The fourth-order valence-corrected chi connectivity index (χ4v) is 2.81. The van der Waals surface area contributed by atoms with Crippen molar-refractivity contribution in [2.45, 2.75) is 31.4 Å². The first-order chi connectivity index (χ1) is 13.2. The topological polar surface area (TPSA) is 135 Å². The van der Waals surface area contributed by atoms with Crippen molar-refractivity contribution in [3.8, 4) is 11.3 Å². The molecule has 0 bridgehead atoms. The third-order valence-electron chi connectivity index (χ3n) is 4.24. The third-order valence-corrected chi connectivity index (χ3v) is 4.24. The van der Waals surface area contributed by atoms with E-state index < -0.39 is 0 Å². The van der Waals surface area contributed by atoms with E-state index in [-0.39, 0.29) is 36.1 Å². The summed E-state index contributed by atoms with van der Waals surface area (Å²) in [4.78, 5) is 12.3. The van der Waals surface area contributed by atoms with Gasteiger partial charge in [-0.25, -0.2) is 0 Å². The van der Waals surface area contributed by atoms with Crippen LogP contribution in [0.5, 0.6) is 0 Å². The second kappa shape index (κ2) is 8.56. The number of rotatable bonds is 5. The lowest BCUT2D eigenvalue weighted by Crippen LogP contribution is -2.43. The van der Waals surface area contributed by atoms with Gasteiger partial charge >= 0.3 is 0 Å². The van der Waals surface area contributed by atoms with Crippen LogP contribution >= 0.6 is 0 Å². The lowest BCUT2D eigenvalue weighted by atomic mass is 9.80. The van der Waals surface area contributed by atoms with Crippen molar-refractivity contribution in [2.75, 3.05) is 7.11 Å². The number of aromatic nitrogens is 3. The van der Waals surface area contributed by atoms with Gasteiger partial charge in [0.1, 0.15) is 6.61 Å². The molecule has 0 saturated heterocycles. The van der Waals surface area contributed by atoms with Gasteiger partial charge in [0.05, 0.1) is 0 Å². The van der Waals surface area contributed by atoms with Gasteiger partial charge in [0.15, 0.2) is 11.5 Å². The molecule has 3 N–H and O–H groups in total. The fraction of sp³-hybridized carbons (Fsp3) is 0.333. The van der Waals surface area contributed by atoms with E-state index in [1.165, 1.54) is 0 Å². The molecule has 9 heteroatoms. The van der Waals surface area contributed by atoms with Crippen LogP contribution in [-0.4, -0.2) is 44.6 Å². The number of carbonyl (C=O) groups excluding carboxylic acids is 1. The molecule has 1 aliphatic carbocycles. The van der Waals surface area contributed by atoms with Gasteiger partial charge in [-0.15, -0.1) is 10.2 Å². The molecule has 0 radical (unpaired) electrons. The van der Waals surface area contributed by atoms with E-state index in [1.54, 1.807) is 6.07 Å². The quantitative estimate of drug-likeness (QED) is 0.613. The number of nitrogens with one attached hydrogen (secondary N) is 1. The minimum atomic E-state index is -0.268. The Balaban J connectivity index is 0.00000102. The molecule has 0 atom stereocenters. The Bertz CT molecular complexity index is 871. The van der Waals surface area contributed by atoms with Crippen molar-refractivity contribution in [3.05, 3.63) is 53.9 Å².